The summed E-state index contributed by atoms with van der Waals surface area (Å²) in [4.78, 5) is 19.0. The van der Waals surface area contributed by atoms with E-state index in [1.165, 1.54) is 22.9 Å². The summed E-state index contributed by atoms with van der Waals surface area (Å²) in [5.41, 5.74) is 2.50. The third-order valence-corrected chi connectivity index (χ3v) is 4.75. The van der Waals surface area contributed by atoms with Crippen LogP contribution in [0, 0.1) is 6.92 Å². The van der Waals surface area contributed by atoms with Gasteiger partial charge in [0.1, 0.15) is 0 Å². The van der Waals surface area contributed by atoms with Gasteiger partial charge in [0.15, 0.2) is 5.17 Å². The number of ether oxygens (including phenoxy) is 1. The Labute approximate surface area is 153 Å². The number of thioether (sulfide) groups is 1. The first-order valence-corrected chi connectivity index (χ1v) is 7.94. The van der Waals surface area contributed by atoms with Gasteiger partial charge in [0.2, 0.25) is 0 Å². The van der Waals surface area contributed by atoms with Crippen molar-refractivity contribution in [1.82, 2.24) is 4.90 Å². The van der Waals surface area contributed by atoms with Crippen LogP contribution < -0.4 is 0 Å². The molecule has 0 bridgehead atoms. The summed E-state index contributed by atoms with van der Waals surface area (Å²) in [7, 11) is 0. The average molecular weight is 375 g/mol. The third kappa shape index (κ3) is 4.98. The van der Waals surface area contributed by atoms with Gasteiger partial charge in [-0.05, 0) is 36.2 Å². The number of benzene rings is 1. The summed E-state index contributed by atoms with van der Waals surface area (Å²) >= 11 is 1.48. The van der Waals surface area contributed by atoms with E-state index in [1.807, 2.05) is 18.2 Å². The number of allylic oxidation sites excluding steroid dienone is 1. The number of morpholine rings is 1. The highest BCUT2D eigenvalue weighted by Gasteiger charge is 2.26. The molecule has 0 saturated carbocycles. The summed E-state index contributed by atoms with van der Waals surface area (Å²) in [6, 6.07) is 8.24. The van der Waals surface area contributed by atoms with E-state index in [0.29, 0.717) is 13.2 Å². The summed E-state index contributed by atoms with van der Waals surface area (Å²) < 4.78 is 5.33. The molecule has 2 aliphatic heterocycles. The van der Waals surface area contributed by atoms with E-state index in [4.69, 9.17) is 4.74 Å². The Bertz CT molecular complexity index is 614. The molecule has 1 amide bonds. The smallest absolute Gasteiger partial charge is 0.285 e. The lowest BCUT2D eigenvalue weighted by molar-refractivity contribution is -0.113. The van der Waals surface area contributed by atoms with Gasteiger partial charge in [0, 0.05) is 13.1 Å². The number of amidine groups is 1. The van der Waals surface area contributed by atoms with Crippen molar-refractivity contribution in [3.05, 3.63) is 46.4 Å². The fraction of sp³-hybridized carbons (Fsp3) is 0.375. The van der Waals surface area contributed by atoms with E-state index < -0.39 is 0 Å². The van der Waals surface area contributed by atoms with Crippen LogP contribution in [0.4, 0.5) is 0 Å². The first-order valence-electron chi connectivity index (χ1n) is 7.12. The number of aryl methyl sites for hydroxylation is 1. The molecule has 0 radical (unpaired) electrons. The van der Waals surface area contributed by atoms with E-state index in [9.17, 15) is 4.79 Å². The maximum atomic E-state index is 12.0. The van der Waals surface area contributed by atoms with Gasteiger partial charge >= 0.3 is 0 Å². The van der Waals surface area contributed by atoms with E-state index in [1.54, 1.807) is 0 Å². The molecular formula is C16H20Cl2N2O2S. The Balaban J connectivity index is 0.00000132. The Kier molecular flexibility index (Phi) is 8.12. The molecule has 0 atom stereocenters. The Morgan fingerprint density at radius 1 is 1.26 bits per heavy atom. The van der Waals surface area contributed by atoms with Gasteiger partial charge in [-0.3, -0.25) is 4.79 Å². The molecule has 1 fully saturated rings. The molecule has 1 saturated heterocycles. The lowest BCUT2D eigenvalue weighted by atomic mass is 10.1. The molecule has 0 N–H and O–H groups in total. The highest BCUT2D eigenvalue weighted by molar-refractivity contribution is 8.18. The van der Waals surface area contributed by atoms with Gasteiger partial charge in [-0.25, -0.2) is 0 Å². The van der Waals surface area contributed by atoms with Gasteiger partial charge in [-0.15, -0.1) is 24.8 Å². The van der Waals surface area contributed by atoms with Gasteiger partial charge in [-0.1, -0.05) is 30.3 Å². The molecular weight excluding hydrogens is 355 g/mol. The summed E-state index contributed by atoms with van der Waals surface area (Å²) in [6.07, 6.45) is 2.76. The van der Waals surface area contributed by atoms with E-state index >= 15 is 0 Å². The predicted molar refractivity (Wildman–Crippen MR) is 99.9 cm³/mol. The second-order valence-corrected chi connectivity index (χ2v) is 6.11. The number of hydrogen-bond acceptors (Lipinski definition) is 4. The number of rotatable bonds is 2. The zero-order valence-corrected chi connectivity index (χ0v) is 15.3. The largest absolute Gasteiger partial charge is 0.378 e. The van der Waals surface area contributed by atoms with Crippen LogP contribution >= 0.6 is 36.6 Å². The normalized spacial score (nSPS) is 19.2. The maximum Gasteiger partial charge on any atom is 0.285 e. The first-order chi connectivity index (χ1) is 10.2. The van der Waals surface area contributed by atoms with Crippen LogP contribution in [0.3, 0.4) is 0 Å². The molecule has 7 heteroatoms. The molecule has 4 nitrogen and oxygen atoms in total. The molecule has 0 aromatic heterocycles. The summed E-state index contributed by atoms with van der Waals surface area (Å²) in [5.74, 6) is -0.116. The molecule has 2 heterocycles. The zero-order chi connectivity index (χ0) is 14.7. The van der Waals surface area contributed by atoms with Crippen LogP contribution in [-0.4, -0.2) is 42.3 Å². The number of nitrogens with zero attached hydrogens (tertiary/aromatic N) is 2. The number of hydrogen-bond donors (Lipinski definition) is 0. The number of amides is 1. The van der Waals surface area contributed by atoms with Crippen molar-refractivity contribution in [2.75, 3.05) is 26.3 Å². The molecule has 0 spiro atoms. The summed E-state index contributed by atoms with van der Waals surface area (Å²) in [5, 5.41) is 0.819. The standard InChI is InChI=1S/C16H18N2O2S.2ClH/c1-12-4-2-3-5-13(12)6-7-14-15(19)17-16(21-14)18-8-10-20-11-9-18;;/h2-5,7H,6,8-11H2,1H3;2*1H. The highest BCUT2D eigenvalue weighted by Crippen LogP contribution is 2.29. The predicted octanol–water partition coefficient (Wildman–Crippen LogP) is 3.23. The third-order valence-electron chi connectivity index (χ3n) is 3.66. The maximum absolute atomic E-state index is 12.0. The van der Waals surface area contributed by atoms with Gasteiger partial charge in [-0.2, -0.15) is 4.99 Å². The molecule has 0 unspecified atom stereocenters. The number of aliphatic imine (C=N–C) groups is 1. The van der Waals surface area contributed by atoms with Gasteiger partial charge in [0.25, 0.3) is 5.91 Å². The minimum atomic E-state index is -0.116. The van der Waals surface area contributed by atoms with Crippen molar-refractivity contribution in [3.63, 3.8) is 0 Å². The number of halogens is 2. The lowest BCUT2D eigenvalue weighted by Crippen LogP contribution is -2.38. The average Bonchev–Trinajstić information content (AvgIpc) is 2.89. The van der Waals surface area contributed by atoms with Crippen LogP contribution in [0.2, 0.25) is 0 Å². The Morgan fingerprint density at radius 3 is 2.65 bits per heavy atom. The molecule has 126 valence electrons. The van der Waals surface area contributed by atoms with Crippen molar-refractivity contribution in [2.24, 2.45) is 4.99 Å². The molecule has 0 aliphatic carbocycles. The molecule has 23 heavy (non-hydrogen) atoms. The monoisotopic (exact) mass is 374 g/mol. The quantitative estimate of drug-likeness (QED) is 0.745. The fourth-order valence-corrected chi connectivity index (χ4v) is 3.30. The topological polar surface area (TPSA) is 41.9 Å². The minimum absolute atomic E-state index is 0. The van der Waals surface area contributed by atoms with Crippen molar-refractivity contribution in [2.45, 2.75) is 13.3 Å². The zero-order valence-electron chi connectivity index (χ0n) is 12.9. The Hall–Kier alpha value is -1.01. The molecule has 1 aromatic carbocycles. The molecule has 2 aliphatic rings. The van der Waals surface area contributed by atoms with Crippen molar-refractivity contribution in [3.8, 4) is 0 Å². The minimum Gasteiger partial charge on any atom is -0.378 e. The Morgan fingerprint density at radius 2 is 1.96 bits per heavy atom. The second-order valence-electron chi connectivity index (χ2n) is 5.10. The lowest BCUT2D eigenvalue weighted by Gasteiger charge is -2.27. The number of carbonyl (C=O) groups is 1. The van der Waals surface area contributed by atoms with Crippen molar-refractivity contribution < 1.29 is 9.53 Å². The second kappa shape index (κ2) is 9.33. The van der Waals surface area contributed by atoms with Crippen LogP contribution in [0.1, 0.15) is 11.1 Å². The molecule has 1 aromatic rings. The van der Waals surface area contributed by atoms with Gasteiger partial charge < -0.3 is 9.64 Å². The first kappa shape index (κ1) is 20.0. The van der Waals surface area contributed by atoms with Crippen LogP contribution in [0.25, 0.3) is 0 Å². The van der Waals surface area contributed by atoms with Crippen molar-refractivity contribution >= 4 is 47.7 Å². The van der Waals surface area contributed by atoms with E-state index in [2.05, 4.69) is 28.9 Å². The van der Waals surface area contributed by atoms with E-state index in [-0.39, 0.29) is 30.7 Å². The van der Waals surface area contributed by atoms with Crippen LogP contribution in [0.5, 0.6) is 0 Å². The SMILES string of the molecule is Cc1ccccc1CC=C1SC(N2CCOCC2)=NC1=O.Cl.Cl. The fourth-order valence-electron chi connectivity index (χ4n) is 2.37. The summed E-state index contributed by atoms with van der Waals surface area (Å²) in [6.45, 7) is 5.12. The van der Waals surface area contributed by atoms with Crippen LogP contribution in [0.15, 0.2) is 40.2 Å². The van der Waals surface area contributed by atoms with E-state index in [0.717, 1.165) is 29.6 Å². The van der Waals surface area contributed by atoms with Crippen molar-refractivity contribution in [1.29, 1.82) is 0 Å². The number of carbonyl (C=O) groups excluding carboxylic acids is 1. The van der Waals surface area contributed by atoms with Gasteiger partial charge in [0.05, 0.1) is 18.1 Å². The highest BCUT2D eigenvalue weighted by atomic mass is 35.5. The molecule has 3 rings (SSSR count). The van der Waals surface area contributed by atoms with Crippen LogP contribution in [-0.2, 0) is 16.0 Å².